The first kappa shape index (κ1) is 21.3. The Labute approximate surface area is 132 Å². The summed E-state index contributed by atoms with van der Waals surface area (Å²) in [6.07, 6.45) is 9.77. The molecule has 0 spiro atoms. The van der Waals surface area contributed by atoms with Crippen LogP contribution in [-0.4, -0.2) is 18.8 Å². The minimum atomic E-state index is -4.42. The van der Waals surface area contributed by atoms with E-state index in [2.05, 4.69) is 11.7 Å². The van der Waals surface area contributed by atoms with Gasteiger partial charge in [-0.15, -0.1) is 0 Å². The molecule has 5 heteroatoms. The molecule has 0 heterocycles. The molecule has 0 aliphatic carbocycles. The topological polar surface area (TPSA) is 26.3 Å². The van der Waals surface area contributed by atoms with E-state index < -0.39 is 18.8 Å². The third kappa shape index (κ3) is 17.3. The molecule has 0 atom stereocenters. The summed E-state index contributed by atoms with van der Waals surface area (Å²) in [5.41, 5.74) is 0. The lowest BCUT2D eigenvalue weighted by Crippen LogP contribution is -2.20. The molecule has 22 heavy (non-hydrogen) atoms. The number of alkyl halides is 3. The number of esters is 1. The van der Waals surface area contributed by atoms with Crippen LogP contribution in [0.3, 0.4) is 0 Å². The molecule has 0 unspecified atom stereocenters. The molecule has 0 radical (unpaired) electrons. The Bertz CT molecular complexity index is 265. The first-order chi connectivity index (χ1) is 10.5. The second-order valence-electron chi connectivity index (χ2n) is 5.91. The van der Waals surface area contributed by atoms with Crippen molar-refractivity contribution in [2.45, 2.75) is 96.6 Å². The van der Waals surface area contributed by atoms with Gasteiger partial charge in [-0.3, -0.25) is 4.79 Å². The molecular formula is C17H31F3O2. The van der Waals surface area contributed by atoms with Crippen molar-refractivity contribution in [3.8, 4) is 0 Å². The molecule has 0 aliphatic rings. The van der Waals surface area contributed by atoms with E-state index in [0.717, 1.165) is 19.3 Å². The van der Waals surface area contributed by atoms with Crippen molar-refractivity contribution in [2.75, 3.05) is 6.61 Å². The van der Waals surface area contributed by atoms with Crippen molar-refractivity contribution in [2.24, 2.45) is 0 Å². The summed E-state index contributed by atoms with van der Waals surface area (Å²) in [5, 5.41) is 0. The standard InChI is InChI=1S/C17H31F3O2/c1-2-3-4-5-6-7-8-9-10-11-12-13-14-16(21)22-15-17(18,19)20/h2-15H2,1H3. The van der Waals surface area contributed by atoms with Crippen molar-refractivity contribution in [1.82, 2.24) is 0 Å². The van der Waals surface area contributed by atoms with Crippen LogP contribution in [0.1, 0.15) is 90.4 Å². The smallest absolute Gasteiger partial charge is 0.422 e. The summed E-state index contributed by atoms with van der Waals surface area (Å²) in [6, 6.07) is 0. The second-order valence-corrected chi connectivity index (χ2v) is 5.91. The molecule has 0 aromatic heterocycles. The lowest BCUT2D eigenvalue weighted by molar-refractivity contribution is -0.186. The van der Waals surface area contributed by atoms with Crippen molar-refractivity contribution in [1.29, 1.82) is 0 Å². The number of carbonyl (C=O) groups excluding carboxylic acids is 1. The fraction of sp³-hybridized carbons (Fsp3) is 0.941. The van der Waals surface area contributed by atoms with Gasteiger partial charge < -0.3 is 4.74 Å². The highest BCUT2D eigenvalue weighted by Crippen LogP contribution is 2.16. The van der Waals surface area contributed by atoms with Gasteiger partial charge in [-0.2, -0.15) is 13.2 Å². The highest BCUT2D eigenvalue weighted by atomic mass is 19.4. The molecule has 0 bridgehead atoms. The predicted octanol–water partition coefficient (Wildman–Crippen LogP) is 6.18. The van der Waals surface area contributed by atoms with Crippen LogP contribution in [0.25, 0.3) is 0 Å². The van der Waals surface area contributed by atoms with Gasteiger partial charge in [-0.1, -0.05) is 77.6 Å². The van der Waals surface area contributed by atoms with E-state index in [9.17, 15) is 18.0 Å². The Kier molecular flexibility index (Phi) is 13.4. The molecule has 0 rings (SSSR count). The Morgan fingerprint density at radius 2 is 1.18 bits per heavy atom. The molecule has 0 saturated heterocycles. The third-order valence-corrected chi connectivity index (χ3v) is 3.63. The molecule has 132 valence electrons. The van der Waals surface area contributed by atoms with Crippen LogP contribution in [0.4, 0.5) is 13.2 Å². The Morgan fingerprint density at radius 3 is 1.59 bits per heavy atom. The summed E-state index contributed by atoms with van der Waals surface area (Å²) >= 11 is 0. The number of carbonyl (C=O) groups is 1. The van der Waals surface area contributed by atoms with Gasteiger partial charge in [0, 0.05) is 6.42 Å². The molecule has 2 nitrogen and oxygen atoms in total. The molecule has 0 aromatic rings. The maximum absolute atomic E-state index is 11.8. The lowest BCUT2D eigenvalue weighted by atomic mass is 10.0. The van der Waals surface area contributed by atoms with Gasteiger partial charge in [-0.25, -0.2) is 0 Å². The van der Waals surface area contributed by atoms with Crippen LogP contribution >= 0.6 is 0 Å². The van der Waals surface area contributed by atoms with Gasteiger partial charge in [0.1, 0.15) is 0 Å². The first-order valence-corrected chi connectivity index (χ1v) is 8.68. The first-order valence-electron chi connectivity index (χ1n) is 8.68. The zero-order valence-corrected chi connectivity index (χ0v) is 13.8. The quantitative estimate of drug-likeness (QED) is 0.281. The molecule has 0 amide bonds. The van der Waals surface area contributed by atoms with E-state index in [4.69, 9.17) is 0 Å². The van der Waals surface area contributed by atoms with Crippen molar-refractivity contribution >= 4 is 5.97 Å². The number of halogens is 3. The van der Waals surface area contributed by atoms with Gasteiger partial charge in [0.05, 0.1) is 0 Å². The van der Waals surface area contributed by atoms with E-state index in [0.29, 0.717) is 6.42 Å². The highest BCUT2D eigenvalue weighted by molar-refractivity contribution is 5.69. The fourth-order valence-electron chi connectivity index (χ4n) is 2.34. The molecule has 0 fully saturated rings. The number of ether oxygens (including phenoxy) is 1. The van der Waals surface area contributed by atoms with Gasteiger partial charge in [0.2, 0.25) is 0 Å². The van der Waals surface area contributed by atoms with E-state index in [1.807, 2.05) is 0 Å². The molecule has 0 saturated carbocycles. The van der Waals surface area contributed by atoms with Crippen LogP contribution in [0.2, 0.25) is 0 Å². The molecular weight excluding hydrogens is 293 g/mol. The van der Waals surface area contributed by atoms with E-state index in [1.54, 1.807) is 0 Å². The van der Waals surface area contributed by atoms with Crippen molar-refractivity contribution < 1.29 is 22.7 Å². The van der Waals surface area contributed by atoms with E-state index in [1.165, 1.54) is 51.4 Å². The number of rotatable bonds is 14. The summed E-state index contributed by atoms with van der Waals surface area (Å²) in [7, 11) is 0. The molecule has 0 aromatic carbocycles. The monoisotopic (exact) mass is 324 g/mol. The molecule has 0 N–H and O–H groups in total. The van der Waals surface area contributed by atoms with Crippen molar-refractivity contribution in [3.05, 3.63) is 0 Å². The lowest BCUT2D eigenvalue weighted by Gasteiger charge is -2.07. The summed E-state index contributed by atoms with van der Waals surface area (Å²) < 4.78 is 39.6. The maximum Gasteiger partial charge on any atom is 0.422 e. The number of unbranched alkanes of at least 4 members (excludes halogenated alkanes) is 11. The van der Waals surface area contributed by atoms with Crippen LogP contribution in [0, 0.1) is 0 Å². The van der Waals surface area contributed by atoms with Crippen LogP contribution in [0.15, 0.2) is 0 Å². The zero-order chi connectivity index (χ0) is 16.7. The van der Waals surface area contributed by atoms with E-state index >= 15 is 0 Å². The Morgan fingerprint density at radius 1 is 0.773 bits per heavy atom. The second kappa shape index (κ2) is 13.9. The maximum atomic E-state index is 11.8. The number of hydrogen-bond acceptors (Lipinski definition) is 2. The average Bonchev–Trinajstić information content (AvgIpc) is 2.45. The Hall–Kier alpha value is -0.740. The Balaban J connectivity index is 3.18. The predicted molar refractivity (Wildman–Crippen MR) is 82.7 cm³/mol. The zero-order valence-electron chi connectivity index (χ0n) is 13.8. The minimum Gasteiger partial charge on any atom is -0.456 e. The SMILES string of the molecule is CCCCCCCCCCCCCCC(=O)OCC(F)(F)F. The molecule has 0 aliphatic heterocycles. The summed E-state index contributed by atoms with van der Waals surface area (Å²) in [5.74, 6) is -0.746. The minimum absolute atomic E-state index is 0.0908. The fourth-order valence-corrected chi connectivity index (χ4v) is 2.34. The largest absolute Gasteiger partial charge is 0.456 e. The van der Waals surface area contributed by atoms with Crippen LogP contribution in [0.5, 0.6) is 0 Å². The average molecular weight is 324 g/mol. The normalized spacial score (nSPS) is 11.6. The number of hydrogen-bond donors (Lipinski definition) is 0. The van der Waals surface area contributed by atoms with Gasteiger partial charge in [-0.05, 0) is 6.42 Å². The van der Waals surface area contributed by atoms with Gasteiger partial charge in [0.15, 0.2) is 6.61 Å². The van der Waals surface area contributed by atoms with Gasteiger partial charge in [0.25, 0.3) is 0 Å². The van der Waals surface area contributed by atoms with Crippen LogP contribution in [-0.2, 0) is 9.53 Å². The van der Waals surface area contributed by atoms with Crippen LogP contribution < -0.4 is 0 Å². The summed E-state index contributed by atoms with van der Waals surface area (Å²) in [6.45, 7) is 0.750. The van der Waals surface area contributed by atoms with Crippen molar-refractivity contribution in [3.63, 3.8) is 0 Å². The van der Waals surface area contributed by atoms with Gasteiger partial charge >= 0.3 is 12.1 Å². The summed E-state index contributed by atoms with van der Waals surface area (Å²) in [4.78, 5) is 11.0. The third-order valence-electron chi connectivity index (χ3n) is 3.63. The van der Waals surface area contributed by atoms with E-state index in [-0.39, 0.29) is 6.42 Å². The highest BCUT2D eigenvalue weighted by Gasteiger charge is 2.29.